The molecule has 0 radical (unpaired) electrons. The summed E-state index contributed by atoms with van der Waals surface area (Å²) in [6.45, 7) is 2.02. The maximum absolute atomic E-state index is 6.05. The van der Waals surface area contributed by atoms with E-state index in [2.05, 4.69) is 11.2 Å². The van der Waals surface area contributed by atoms with Crippen LogP contribution in [-0.4, -0.2) is 9.78 Å². The third-order valence-electron chi connectivity index (χ3n) is 3.15. The van der Waals surface area contributed by atoms with Crippen LogP contribution in [0.2, 0.25) is 0 Å². The molecule has 1 aliphatic carbocycles. The molecule has 2 N–H and O–H groups in total. The molecule has 2 aromatic rings. The van der Waals surface area contributed by atoms with E-state index in [-0.39, 0.29) is 0 Å². The minimum Gasteiger partial charge on any atom is -0.397 e. The van der Waals surface area contributed by atoms with Crippen LogP contribution in [0.4, 0.5) is 5.69 Å². The highest BCUT2D eigenvalue weighted by Gasteiger charge is 2.26. The van der Waals surface area contributed by atoms with E-state index in [4.69, 9.17) is 5.73 Å². The normalized spacial score (nSPS) is 15.3. The van der Waals surface area contributed by atoms with Crippen molar-refractivity contribution in [3.8, 4) is 5.69 Å². The Balaban J connectivity index is 2.03. The number of anilines is 1. The van der Waals surface area contributed by atoms with Gasteiger partial charge in [0.25, 0.3) is 0 Å². The molecule has 3 nitrogen and oxygen atoms in total. The number of aryl methyl sites for hydroxylation is 1. The molecule has 0 unspecified atom stereocenters. The molecule has 1 aromatic carbocycles. The number of nitrogens with zero attached hydrogens (tertiary/aromatic N) is 2. The van der Waals surface area contributed by atoms with Gasteiger partial charge in [-0.2, -0.15) is 5.10 Å². The molecule has 3 heteroatoms. The number of nitrogen functional groups attached to an aromatic ring is 1. The third-order valence-corrected chi connectivity index (χ3v) is 3.15. The van der Waals surface area contributed by atoms with E-state index in [0.29, 0.717) is 5.92 Å². The summed E-state index contributed by atoms with van der Waals surface area (Å²) in [7, 11) is 0. The van der Waals surface area contributed by atoms with E-state index in [1.165, 1.54) is 18.5 Å². The number of hydrogen-bond acceptors (Lipinski definition) is 2. The van der Waals surface area contributed by atoms with Crippen LogP contribution < -0.4 is 5.73 Å². The predicted molar refractivity (Wildman–Crippen MR) is 64.7 cm³/mol. The second-order valence-corrected chi connectivity index (χ2v) is 4.47. The van der Waals surface area contributed by atoms with Crippen LogP contribution in [0.1, 0.15) is 30.0 Å². The Morgan fingerprint density at radius 3 is 2.88 bits per heavy atom. The van der Waals surface area contributed by atoms with Crippen LogP contribution in [0.15, 0.2) is 30.5 Å². The molecule has 0 spiro atoms. The molecule has 0 bridgehead atoms. The summed E-state index contributed by atoms with van der Waals surface area (Å²) in [5, 5.41) is 4.58. The van der Waals surface area contributed by atoms with Crippen molar-refractivity contribution in [2.24, 2.45) is 0 Å². The predicted octanol–water partition coefficient (Wildman–Crippen LogP) is 2.64. The summed E-state index contributed by atoms with van der Waals surface area (Å²) in [6, 6.07) is 8.13. The summed E-state index contributed by atoms with van der Waals surface area (Å²) in [6.07, 6.45) is 4.55. The van der Waals surface area contributed by atoms with E-state index >= 15 is 0 Å². The Hall–Kier alpha value is -1.77. The Kier molecular flexibility index (Phi) is 1.99. The largest absolute Gasteiger partial charge is 0.397 e. The van der Waals surface area contributed by atoms with Crippen molar-refractivity contribution < 1.29 is 0 Å². The van der Waals surface area contributed by atoms with Gasteiger partial charge in [0.15, 0.2) is 0 Å². The highest BCUT2D eigenvalue weighted by molar-refractivity contribution is 5.61. The average molecular weight is 213 g/mol. The number of aromatic nitrogens is 2. The van der Waals surface area contributed by atoms with E-state index in [1.54, 1.807) is 0 Å². The van der Waals surface area contributed by atoms with Crippen LogP contribution >= 0.6 is 0 Å². The minimum atomic E-state index is 0.687. The molecule has 1 aromatic heterocycles. The van der Waals surface area contributed by atoms with Gasteiger partial charge in [-0.25, -0.2) is 4.68 Å². The summed E-state index contributed by atoms with van der Waals surface area (Å²) >= 11 is 0. The fraction of sp³-hybridized carbons (Fsp3) is 0.308. The van der Waals surface area contributed by atoms with Crippen molar-refractivity contribution in [1.82, 2.24) is 9.78 Å². The van der Waals surface area contributed by atoms with E-state index in [9.17, 15) is 0 Å². The van der Waals surface area contributed by atoms with Crippen molar-refractivity contribution in [2.75, 3.05) is 5.73 Å². The lowest BCUT2D eigenvalue weighted by Gasteiger charge is -2.07. The summed E-state index contributed by atoms with van der Waals surface area (Å²) in [5.74, 6) is 0.687. The monoisotopic (exact) mass is 213 g/mol. The van der Waals surface area contributed by atoms with Crippen molar-refractivity contribution >= 4 is 5.69 Å². The van der Waals surface area contributed by atoms with Gasteiger partial charge in [-0.15, -0.1) is 0 Å². The van der Waals surface area contributed by atoms with Crippen LogP contribution in [-0.2, 0) is 0 Å². The fourth-order valence-electron chi connectivity index (χ4n) is 1.93. The van der Waals surface area contributed by atoms with Crippen LogP contribution in [0, 0.1) is 6.92 Å². The summed E-state index contributed by atoms with van der Waals surface area (Å²) < 4.78 is 1.88. The zero-order valence-electron chi connectivity index (χ0n) is 9.35. The van der Waals surface area contributed by atoms with Gasteiger partial charge in [0.05, 0.1) is 17.1 Å². The van der Waals surface area contributed by atoms with Crippen molar-refractivity contribution in [1.29, 1.82) is 0 Å². The molecule has 1 heterocycles. The molecule has 0 saturated heterocycles. The molecular formula is C13H15N3. The van der Waals surface area contributed by atoms with Gasteiger partial charge in [-0.3, -0.25) is 0 Å². The Labute approximate surface area is 94.9 Å². The molecule has 0 atom stereocenters. The highest BCUT2D eigenvalue weighted by atomic mass is 15.3. The van der Waals surface area contributed by atoms with Gasteiger partial charge in [0.1, 0.15) is 0 Å². The summed E-state index contributed by atoms with van der Waals surface area (Å²) in [5.41, 5.74) is 10.1. The van der Waals surface area contributed by atoms with Gasteiger partial charge in [0, 0.05) is 12.1 Å². The number of para-hydroxylation sites is 1. The van der Waals surface area contributed by atoms with Crippen molar-refractivity contribution in [3.63, 3.8) is 0 Å². The highest BCUT2D eigenvalue weighted by Crippen LogP contribution is 2.39. The topological polar surface area (TPSA) is 43.8 Å². The number of hydrogen-bond donors (Lipinski definition) is 1. The molecular weight excluding hydrogens is 198 g/mol. The first-order valence-corrected chi connectivity index (χ1v) is 5.67. The first kappa shape index (κ1) is 9.46. The van der Waals surface area contributed by atoms with Crippen LogP contribution in [0.3, 0.4) is 0 Å². The van der Waals surface area contributed by atoms with Crippen LogP contribution in [0.5, 0.6) is 0 Å². The first-order valence-electron chi connectivity index (χ1n) is 5.67. The lowest BCUT2D eigenvalue weighted by Crippen LogP contribution is -2.02. The standard InChI is InChI=1S/C13H15N3/c1-9-3-2-4-12(13(9)14)16-8-7-11(15-16)10-5-6-10/h2-4,7-8,10H,5-6,14H2,1H3. The molecule has 1 fully saturated rings. The third kappa shape index (κ3) is 1.48. The van der Waals surface area contributed by atoms with Gasteiger partial charge < -0.3 is 5.73 Å². The molecule has 0 amide bonds. The molecule has 1 saturated carbocycles. The maximum Gasteiger partial charge on any atom is 0.0877 e. The Morgan fingerprint density at radius 2 is 2.12 bits per heavy atom. The first-order chi connectivity index (χ1) is 7.75. The number of benzene rings is 1. The Bertz CT molecular complexity index is 524. The maximum atomic E-state index is 6.05. The average Bonchev–Trinajstić information content (AvgIpc) is 3.02. The second-order valence-electron chi connectivity index (χ2n) is 4.47. The lowest BCUT2D eigenvalue weighted by molar-refractivity contribution is 0.838. The smallest absolute Gasteiger partial charge is 0.0877 e. The van der Waals surface area contributed by atoms with E-state index in [1.807, 2.05) is 36.0 Å². The van der Waals surface area contributed by atoms with E-state index in [0.717, 1.165) is 16.9 Å². The number of nitrogens with two attached hydrogens (primary N) is 1. The van der Waals surface area contributed by atoms with E-state index < -0.39 is 0 Å². The molecule has 82 valence electrons. The Morgan fingerprint density at radius 1 is 1.31 bits per heavy atom. The zero-order chi connectivity index (χ0) is 11.1. The minimum absolute atomic E-state index is 0.687. The SMILES string of the molecule is Cc1cccc(-n2ccc(C3CC3)n2)c1N. The van der Waals surface area contributed by atoms with Gasteiger partial charge >= 0.3 is 0 Å². The van der Waals surface area contributed by atoms with Gasteiger partial charge in [-0.05, 0) is 37.5 Å². The molecule has 1 aliphatic rings. The van der Waals surface area contributed by atoms with Crippen LogP contribution in [0.25, 0.3) is 5.69 Å². The lowest BCUT2D eigenvalue weighted by atomic mass is 10.2. The van der Waals surface area contributed by atoms with Crippen molar-refractivity contribution in [3.05, 3.63) is 41.7 Å². The summed E-state index contributed by atoms with van der Waals surface area (Å²) in [4.78, 5) is 0. The molecule has 3 rings (SSSR count). The quantitative estimate of drug-likeness (QED) is 0.779. The van der Waals surface area contributed by atoms with Crippen molar-refractivity contribution in [2.45, 2.75) is 25.7 Å². The molecule has 16 heavy (non-hydrogen) atoms. The zero-order valence-corrected chi connectivity index (χ0v) is 9.35. The molecule has 0 aliphatic heterocycles. The van der Waals surface area contributed by atoms with Gasteiger partial charge in [0.2, 0.25) is 0 Å². The second kappa shape index (κ2) is 3.37. The fourth-order valence-corrected chi connectivity index (χ4v) is 1.93. The number of rotatable bonds is 2. The van der Waals surface area contributed by atoms with Gasteiger partial charge in [-0.1, -0.05) is 12.1 Å².